The highest BCUT2D eigenvalue weighted by Gasteiger charge is 2.45. The van der Waals surface area contributed by atoms with Crippen LogP contribution in [0, 0.1) is 0 Å². The van der Waals surface area contributed by atoms with Gasteiger partial charge >= 0.3 is 17.9 Å². The van der Waals surface area contributed by atoms with Crippen molar-refractivity contribution in [1.29, 1.82) is 0 Å². The number of carboxylic acid groups (broad SMARTS) is 2. The maximum absolute atomic E-state index is 11.8. The van der Waals surface area contributed by atoms with Crippen LogP contribution in [-0.4, -0.2) is 76.6 Å². The van der Waals surface area contributed by atoms with Gasteiger partial charge in [0.1, 0.15) is 6.10 Å². The molecule has 0 radical (unpaired) electrons. The molecule has 12 heteroatoms. The van der Waals surface area contributed by atoms with Crippen LogP contribution in [0.15, 0.2) is 48.6 Å². The number of aliphatic carboxylic acids is 2. The van der Waals surface area contributed by atoms with Crippen LogP contribution in [-0.2, 0) is 19.1 Å². The Balaban J connectivity index is 0.000000312. The first-order valence-corrected chi connectivity index (χ1v) is 10.8. The van der Waals surface area contributed by atoms with E-state index < -0.39 is 42.1 Å². The first-order valence-electron chi connectivity index (χ1n) is 10.8. The monoisotopic (exact) mass is 518 g/mol. The van der Waals surface area contributed by atoms with Crippen LogP contribution in [0.4, 0.5) is 0 Å². The molecule has 0 spiro atoms. The number of rotatable bonds is 6. The number of aliphatic hydroxyl groups is 2. The van der Waals surface area contributed by atoms with E-state index in [4.69, 9.17) is 25.2 Å². The first kappa shape index (κ1) is 28.7. The SMILES string of the molecule is O=C(/C=C/c1ccc(O)c(O)c1)O[C@H]1CC[C@](O)(C(=O)O)C[C@H]1O.O=C(O)/C=C/c1ccc(O)c(O)c1. The lowest BCUT2D eigenvalue weighted by Gasteiger charge is -2.35. The van der Waals surface area contributed by atoms with Gasteiger partial charge in [0.25, 0.3) is 0 Å². The number of hydrogen-bond acceptors (Lipinski definition) is 10. The summed E-state index contributed by atoms with van der Waals surface area (Å²) in [5.74, 6) is -4.36. The van der Waals surface area contributed by atoms with Crippen molar-refractivity contribution in [2.45, 2.75) is 37.1 Å². The molecule has 2 aromatic carbocycles. The number of carbonyl (C=O) groups is 3. The van der Waals surface area contributed by atoms with Gasteiger partial charge < -0.3 is 45.6 Å². The average Bonchev–Trinajstić information content (AvgIpc) is 2.83. The average molecular weight is 518 g/mol. The molecule has 0 aliphatic heterocycles. The number of carbonyl (C=O) groups excluding carboxylic acids is 1. The van der Waals surface area contributed by atoms with Crippen molar-refractivity contribution in [2.24, 2.45) is 0 Å². The van der Waals surface area contributed by atoms with Gasteiger partial charge in [-0.05, 0) is 60.4 Å². The van der Waals surface area contributed by atoms with Crippen LogP contribution < -0.4 is 0 Å². The Bertz CT molecular complexity index is 1200. The Morgan fingerprint density at radius 1 is 0.838 bits per heavy atom. The van der Waals surface area contributed by atoms with Crippen molar-refractivity contribution < 1.29 is 60.0 Å². The minimum Gasteiger partial charge on any atom is -0.504 e. The van der Waals surface area contributed by atoms with Crippen molar-refractivity contribution in [2.75, 3.05) is 0 Å². The van der Waals surface area contributed by atoms with Crippen LogP contribution >= 0.6 is 0 Å². The molecule has 37 heavy (non-hydrogen) atoms. The Morgan fingerprint density at radius 3 is 1.78 bits per heavy atom. The van der Waals surface area contributed by atoms with Crippen LogP contribution in [0.5, 0.6) is 23.0 Å². The number of aromatic hydroxyl groups is 4. The van der Waals surface area contributed by atoms with Gasteiger partial charge in [0.05, 0.1) is 6.10 Å². The third kappa shape index (κ3) is 8.56. The summed E-state index contributed by atoms with van der Waals surface area (Å²) >= 11 is 0. The van der Waals surface area contributed by atoms with Gasteiger partial charge in [-0.25, -0.2) is 14.4 Å². The van der Waals surface area contributed by atoms with E-state index in [0.29, 0.717) is 11.1 Å². The number of phenolic OH excluding ortho intramolecular Hbond substituents is 4. The molecule has 8 N–H and O–H groups in total. The summed E-state index contributed by atoms with van der Waals surface area (Å²) in [4.78, 5) is 32.8. The highest BCUT2D eigenvalue weighted by atomic mass is 16.6. The van der Waals surface area contributed by atoms with E-state index in [1.807, 2.05) is 0 Å². The molecular formula is C25H26O12. The first-order chi connectivity index (χ1) is 17.3. The molecule has 1 aliphatic rings. The number of hydrogen-bond donors (Lipinski definition) is 8. The van der Waals surface area contributed by atoms with Gasteiger partial charge in [0, 0.05) is 18.6 Å². The molecule has 0 unspecified atom stereocenters. The summed E-state index contributed by atoms with van der Waals surface area (Å²) in [5, 5.41) is 73.4. The number of carboxylic acids is 2. The van der Waals surface area contributed by atoms with E-state index in [2.05, 4.69) is 0 Å². The Labute approximate surface area is 210 Å². The third-order valence-electron chi connectivity index (χ3n) is 5.31. The predicted molar refractivity (Wildman–Crippen MR) is 128 cm³/mol. The Kier molecular flexibility index (Phi) is 9.63. The number of benzene rings is 2. The standard InChI is InChI=1S/C16H18O8.C9H8O4/c17-10-3-1-9(7-11(10)18)2-4-14(20)24-13-5-6-16(23,15(21)22)8-12(13)19;10-7-3-1-6(5-8(7)11)2-4-9(12)13/h1-4,7,12-13,17-19,23H,5-6,8H2,(H,21,22);1-5,10-11H,(H,12,13)/b2*4-2+/t12-,13+,16-;/m1./s1. The molecule has 12 nitrogen and oxygen atoms in total. The molecule has 0 aromatic heterocycles. The summed E-state index contributed by atoms with van der Waals surface area (Å²) < 4.78 is 5.06. The van der Waals surface area contributed by atoms with Crippen LogP contribution in [0.2, 0.25) is 0 Å². The minimum absolute atomic E-state index is 0.0174. The van der Waals surface area contributed by atoms with Crippen LogP contribution in [0.3, 0.4) is 0 Å². The Morgan fingerprint density at radius 2 is 1.35 bits per heavy atom. The fourth-order valence-corrected chi connectivity index (χ4v) is 3.29. The largest absolute Gasteiger partial charge is 0.504 e. The fourth-order valence-electron chi connectivity index (χ4n) is 3.29. The lowest BCUT2D eigenvalue weighted by Crippen LogP contribution is -2.50. The number of phenols is 4. The van der Waals surface area contributed by atoms with Crippen molar-refractivity contribution in [1.82, 2.24) is 0 Å². The highest BCUT2D eigenvalue weighted by Crippen LogP contribution is 2.31. The van der Waals surface area contributed by atoms with Gasteiger partial charge in [-0.2, -0.15) is 0 Å². The van der Waals surface area contributed by atoms with Gasteiger partial charge in [-0.1, -0.05) is 12.1 Å². The minimum atomic E-state index is -2.01. The smallest absolute Gasteiger partial charge is 0.335 e. The van der Waals surface area contributed by atoms with Crippen molar-refractivity contribution >= 4 is 30.1 Å². The summed E-state index contributed by atoms with van der Waals surface area (Å²) in [5.41, 5.74) is -1.05. The van der Waals surface area contributed by atoms with Crippen LogP contribution in [0.25, 0.3) is 12.2 Å². The lowest BCUT2D eigenvalue weighted by atomic mass is 9.81. The molecule has 2 aromatic rings. The second-order valence-electron chi connectivity index (χ2n) is 8.12. The van der Waals surface area contributed by atoms with Crippen LogP contribution in [0.1, 0.15) is 30.4 Å². The maximum atomic E-state index is 11.8. The molecule has 1 saturated carbocycles. The summed E-state index contributed by atoms with van der Waals surface area (Å²) in [6.07, 6.45) is 1.98. The molecule has 1 aliphatic carbocycles. The molecule has 0 amide bonds. The number of esters is 1. The lowest BCUT2D eigenvalue weighted by molar-refractivity contribution is -0.178. The van der Waals surface area contributed by atoms with Crippen molar-refractivity contribution in [3.8, 4) is 23.0 Å². The second kappa shape index (κ2) is 12.4. The molecule has 1 fully saturated rings. The van der Waals surface area contributed by atoms with Gasteiger partial charge in [0.15, 0.2) is 28.6 Å². The van der Waals surface area contributed by atoms with Gasteiger partial charge in [-0.15, -0.1) is 0 Å². The van der Waals surface area contributed by atoms with E-state index in [1.165, 1.54) is 48.6 Å². The second-order valence-corrected chi connectivity index (χ2v) is 8.12. The normalized spacial score (nSPS) is 21.2. The summed E-state index contributed by atoms with van der Waals surface area (Å²) in [6, 6.07) is 8.04. The molecule has 0 bridgehead atoms. The van der Waals surface area contributed by atoms with Gasteiger partial charge in [-0.3, -0.25) is 0 Å². The molecule has 3 atom stereocenters. The predicted octanol–water partition coefficient (Wildman–Crippen LogP) is 1.58. The highest BCUT2D eigenvalue weighted by molar-refractivity contribution is 5.87. The summed E-state index contributed by atoms with van der Waals surface area (Å²) in [7, 11) is 0. The van der Waals surface area contributed by atoms with E-state index in [1.54, 1.807) is 0 Å². The number of aliphatic hydroxyl groups excluding tert-OH is 1. The Hall–Kier alpha value is -4.55. The zero-order valence-corrected chi connectivity index (χ0v) is 19.3. The molecule has 3 rings (SSSR count). The van der Waals surface area contributed by atoms with E-state index in [-0.39, 0.29) is 35.8 Å². The van der Waals surface area contributed by atoms with Gasteiger partial charge in [0.2, 0.25) is 0 Å². The van der Waals surface area contributed by atoms with E-state index in [0.717, 1.165) is 12.2 Å². The molecule has 0 saturated heterocycles. The van der Waals surface area contributed by atoms with Crippen molar-refractivity contribution in [3.05, 3.63) is 59.7 Å². The zero-order chi connectivity index (χ0) is 27.8. The fraction of sp³-hybridized carbons (Fsp3) is 0.240. The van der Waals surface area contributed by atoms with E-state index >= 15 is 0 Å². The van der Waals surface area contributed by atoms with Crippen molar-refractivity contribution in [3.63, 3.8) is 0 Å². The number of ether oxygens (including phenoxy) is 1. The maximum Gasteiger partial charge on any atom is 0.335 e. The third-order valence-corrected chi connectivity index (χ3v) is 5.31. The zero-order valence-electron chi connectivity index (χ0n) is 19.3. The summed E-state index contributed by atoms with van der Waals surface area (Å²) in [6.45, 7) is 0. The van der Waals surface area contributed by atoms with E-state index in [9.17, 15) is 34.8 Å². The molecule has 198 valence electrons. The molecule has 0 heterocycles. The topological polar surface area (TPSA) is 222 Å². The quantitative estimate of drug-likeness (QED) is 0.155. The molecular weight excluding hydrogens is 492 g/mol.